The van der Waals surface area contributed by atoms with Crippen molar-refractivity contribution in [1.29, 1.82) is 5.41 Å². The maximum atomic E-state index is 13.9. The van der Waals surface area contributed by atoms with Crippen LogP contribution in [0.5, 0.6) is 0 Å². The van der Waals surface area contributed by atoms with Gasteiger partial charge in [0.2, 0.25) is 0 Å². The minimum Gasteiger partial charge on any atom is -0.380 e. The zero-order chi connectivity index (χ0) is 31.1. The number of imidazole rings is 1. The van der Waals surface area contributed by atoms with E-state index in [1.165, 1.54) is 24.4 Å². The Bertz CT molecular complexity index is 1760. The van der Waals surface area contributed by atoms with Gasteiger partial charge in [-0.3, -0.25) is 4.79 Å². The Kier molecular flexibility index (Phi) is 9.79. The number of likely N-dealkylation sites (tertiary alicyclic amines) is 1. The highest BCUT2D eigenvalue weighted by Gasteiger charge is 2.28. The maximum Gasteiger partial charge on any atom is 0.253 e. The second kappa shape index (κ2) is 14.1. The van der Waals surface area contributed by atoms with Gasteiger partial charge in [-0.15, -0.1) is 0 Å². The van der Waals surface area contributed by atoms with E-state index in [-0.39, 0.29) is 23.5 Å². The fourth-order valence-corrected chi connectivity index (χ4v) is 5.73. The Labute approximate surface area is 256 Å². The summed E-state index contributed by atoms with van der Waals surface area (Å²) in [4.78, 5) is 20.3. The second-order valence-corrected chi connectivity index (χ2v) is 10.7. The van der Waals surface area contributed by atoms with E-state index in [9.17, 15) is 13.6 Å². The number of carbonyl (C=O) groups excluding carboxylic acids is 1. The van der Waals surface area contributed by atoms with E-state index in [0.29, 0.717) is 43.0 Å². The average Bonchev–Trinajstić information content (AvgIpc) is 3.42. The van der Waals surface area contributed by atoms with Gasteiger partial charge >= 0.3 is 0 Å². The lowest BCUT2D eigenvalue weighted by Gasteiger charge is -2.32. The van der Waals surface area contributed by atoms with E-state index in [4.69, 9.17) is 10.4 Å². The van der Waals surface area contributed by atoms with Crippen molar-refractivity contribution in [1.82, 2.24) is 14.5 Å². The van der Waals surface area contributed by atoms with Gasteiger partial charge in [0.05, 0.1) is 11.0 Å². The van der Waals surface area contributed by atoms with Crippen molar-refractivity contribution >= 4 is 28.8 Å². The molecule has 2 N–H and O–H groups in total. The number of nitrogens with zero attached hydrogens (tertiary/aromatic N) is 3. The number of aromatic nitrogens is 2. The summed E-state index contributed by atoms with van der Waals surface area (Å²) in [6, 6.07) is 26.3. The number of anilines is 1. The summed E-state index contributed by atoms with van der Waals surface area (Å²) in [7, 11) is 0. The van der Waals surface area contributed by atoms with Crippen molar-refractivity contribution < 1.29 is 13.6 Å². The number of amides is 1. The molecule has 1 fully saturated rings. The molecule has 0 aliphatic carbocycles. The molecular formula is C36H37F2N5O. The van der Waals surface area contributed by atoms with Crippen LogP contribution in [0.15, 0.2) is 91.0 Å². The van der Waals surface area contributed by atoms with Gasteiger partial charge in [-0.25, -0.2) is 13.8 Å². The zero-order valence-electron chi connectivity index (χ0n) is 25.1. The smallest absolute Gasteiger partial charge is 0.253 e. The average molecular weight is 594 g/mol. The number of carbonyl (C=O) groups is 1. The first kappa shape index (κ1) is 30.6. The lowest BCUT2D eigenvalue weighted by molar-refractivity contribution is 0.0710. The van der Waals surface area contributed by atoms with Crippen LogP contribution in [-0.4, -0.2) is 39.7 Å². The summed E-state index contributed by atoms with van der Waals surface area (Å²) in [5.74, 6) is 0.511. The molecule has 4 aromatic carbocycles. The fourth-order valence-electron chi connectivity index (χ4n) is 5.73. The number of nitrogens with one attached hydrogen (secondary N) is 2. The lowest BCUT2D eigenvalue weighted by atomic mass is 9.95. The van der Waals surface area contributed by atoms with E-state index >= 15 is 0 Å². The van der Waals surface area contributed by atoms with Crippen LogP contribution < -0.4 is 5.32 Å². The Hall–Kier alpha value is -4.85. The standard InChI is InChI=1S/C34H31F2N5O.C2H6/c35-28-7-3-5-23(17-28)21-38-30-12-11-26(19-27(30)20-37)34(42)40-15-13-25(14-16-40)33-39-31-9-1-2-10-32(31)41(33)22-24-6-4-8-29(36)18-24;1-2/h1-12,17-20,25,37-38H,13-16,21-22H2;1-2H3. The summed E-state index contributed by atoms with van der Waals surface area (Å²) < 4.78 is 29.6. The van der Waals surface area contributed by atoms with Gasteiger partial charge in [0.15, 0.2) is 0 Å². The van der Waals surface area contributed by atoms with Crippen LogP contribution in [0.25, 0.3) is 11.0 Å². The molecule has 0 radical (unpaired) electrons. The Morgan fingerprint density at radius 1 is 0.909 bits per heavy atom. The normalized spacial score (nSPS) is 13.3. The van der Waals surface area contributed by atoms with Crippen molar-refractivity contribution in [3.8, 4) is 0 Å². The molecule has 1 saturated heterocycles. The van der Waals surface area contributed by atoms with Crippen LogP contribution in [0.4, 0.5) is 14.5 Å². The molecule has 8 heteroatoms. The number of fused-ring (bicyclic) bond motifs is 1. The monoisotopic (exact) mass is 593 g/mol. The molecule has 6 nitrogen and oxygen atoms in total. The lowest BCUT2D eigenvalue weighted by Crippen LogP contribution is -2.38. The van der Waals surface area contributed by atoms with E-state index in [0.717, 1.165) is 40.8 Å². The third-order valence-electron chi connectivity index (χ3n) is 7.89. The van der Waals surface area contributed by atoms with E-state index in [2.05, 4.69) is 9.88 Å². The van der Waals surface area contributed by atoms with Crippen LogP contribution in [-0.2, 0) is 13.1 Å². The van der Waals surface area contributed by atoms with Crippen molar-refractivity contribution in [2.45, 2.75) is 45.7 Å². The summed E-state index contributed by atoms with van der Waals surface area (Å²) in [6.45, 7) is 6.11. The van der Waals surface area contributed by atoms with Gasteiger partial charge < -0.3 is 20.2 Å². The van der Waals surface area contributed by atoms with Crippen LogP contribution >= 0.6 is 0 Å². The number of hydrogen-bond acceptors (Lipinski definition) is 4. The first-order chi connectivity index (χ1) is 21.5. The van der Waals surface area contributed by atoms with Gasteiger partial charge in [-0.2, -0.15) is 0 Å². The SMILES string of the molecule is CC.N=Cc1cc(C(=O)N2CCC(c3nc4ccccc4n3Cc3cccc(F)c3)CC2)ccc1NCc1cccc(F)c1. The quantitative estimate of drug-likeness (QED) is 0.179. The van der Waals surface area contributed by atoms with E-state index in [1.54, 1.807) is 36.4 Å². The number of rotatable bonds is 8. The van der Waals surface area contributed by atoms with Crippen molar-refractivity contribution in [3.05, 3.63) is 131 Å². The molecule has 2 heterocycles. The van der Waals surface area contributed by atoms with Gasteiger partial charge in [-0.05, 0) is 78.6 Å². The number of hydrogen-bond donors (Lipinski definition) is 2. The number of benzene rings is 4. The highest BCUT2D eigenvalue weighted by Crippen LogP contribution is 2.32. The van der Waals surface area contributed by atoms with Gasteiger partial charge in [0.1, 0.15) is 17.5 Å². The third-order valence-corrected chi connectivity index (χ3v) is 7.89. The van der Waals surface area contributed by atoms with Crippen LogP contribution in [0.2, 0.25) is 0 Å². The number of halogens is 2. The van der Waals surface area contributed by atoms with Gasteiger partial charge in [-0.1, -0.05) is 50.2 Å². The minimum absolute atomic E-state index is 0.0681. The number of para-hydroxylation sites is 2. The molecule has 1 aliphatic heterocycles. The molecule has 44 heavy (non-hydrogen) atoms. The van der Waals surface area contributed by atoms with Crippen molar-refractivity contribution in [2.24, 2.45) is 0 Å². The van der Waals surface area contributed by atoms with E-state index < -0.39 is 0 Å². The topological polar surface area (TPSA) is 74.0 Å². The highest BCUT2D eigenvalue weighted by molar-refractivity contribution is 5.98. The molecule has 226 valence electrons. The summed E-state index contributed by atoms with van der Waals surface area (Å²) in [5.41, 5.74) is 5.43. The summed E-state index contributed by atoms with van der Waals surface area (Å²) in [5, 5.41) is 11.1. The molecular weight excluding hydrogens is 556 g/mol. The first-order valence-corrected chi connectivity index (χ1v) is 15.1. The van der Waals surface area contributed by atoms with Crippen molar-refractivity contribution in [2.75, 3.05) is 18.4 Å². The predicted octanol–water partition coefficient (Wildman–Crippen LogP) is 8.02. The summed E-state index contributed by atoms with van der Waals surface area (Å²) >= 11 is 0. The van der Waals surface area contributed by atoms with Gasteiger partial charge in [0, 0.05) is 55.1 Å². The Morgan fingerprint density at radius 3 is 2.30 bits per heavy atom. The molecule has 0 spiro atoms. The minimum atomic E-state index is -0.296. The zero-order valence-corrected chi connectivity index (χ0v) is 25.1. The molecule has 0 bridgehead atoms. The van der Waals surface area contributed by atoms with Crippen LogP contribution in [0, 0.1) is 17.0 Å². The highest BCUT2D eigenvalue weighted by atomic mass is 19.1. The Morgan fingerprint density at radius 2 is 1.59 bits per heavy atom. The van der Waals surface area contributed by atoms with Crippen molar-refractivity contribution in [3.63, 3.8) is 0 Å². The molecule has 1 amide bonds. The Balaban J connectivity index is 0.00000188. The molecule has 0 atom stereocenters. The molecule has 1 aromatic heterocycles. The molecule has 1 aliphatic rings. The molecule has 6 rings (SSSR count). The molecule has 5 aromatic rings. The molecule has 0 unspecified atom stereocenters. The van der Waals surface area contributed by atoms with E-state index in [1.807, 2.05) is 55.1 Å². The molecule has 0 saturated carbocycles. The summed E-state index contributed by atoms with van der Waals surface area (Å²) in [6.07, 6.45) is 2.76. The maximum absolute atomic E-state index is 13.9. The van der Waals surface area contributed by atoms with Crippen LogP contribution in [0.3, 0.4) is 0 Å². The fraction of sp³-hybridized carbons (Fsp3) is 0.250. The van der Waals surface area contributed by atoms with Gasteiger partial charge in [0.25, 0.3) is 5.91 Å². The third kappa shape index (κ3) is 6.86. The first-order valence-electron chi connectivity index (χ1n) is 15.1. The number of piperidine rings is 1. The van der Waals surface area contributed by atoms with Crippen LogP contribution in [0.1, 0.15) is 65.5 Å². The second-order valence-electron chi connectivity index (χ2n) is 10.7. The predicted molar refractivity (Wildman–Crippen MR) is 173 cm³/mol. The largest absolute Gasteiger partial charge is 0.380 e.